The SMILES string of the molecule is O=C(N1CC2(CC(Cc3ncc(Cl)cc3F)C2)C1)N1CC2(CC(c3nc(C4CC(F)(F)C4)n[nH]3)C2)C1. The van der Waals surface area contributed by atoms with Crippen molar-refractivity contribution in [1.82, 2.24) is 30.0 Å². The molecule has 0 atom stereocenters. The Balaban J connectivity index is 0.843. The van der Waals surface area contributed by atoms with Gasteiger partial charge in [0.1, 0.15) is 11.6 Å². The van der Waals surface area contributed by atoms with E-state index in [4.69, 9.17) is 11.6 Å². The van der Waals surface area contributed by atoms with Crippen molar-refractivity contribution in [2.24, 2.45) is 16.7 Å². The third-order valence-electron chi connectivity index (χ3n) is 9.18. The molecule has 192 valence electrons. The van der Waals surface area contributed by atoms with Crippen LogP contribution < -0.4 is 0 Å². The minimum absolute atomic E-state index is 0.122. The largest absolute Gasteiger partial charge is 0.323 e. The number of rotatable bonds is 4. The van der Waals surface area contributed by atoms with Crippen LogP contribution >= 0.6 is 11.6 Å². The van der Waals surface area contributed by atoms with Crippen LogP contribution in [0.15, 0.2) is 12.3 Å². The lowest BCUT2D eigenvalue weighted by molar-refractivity contribution is -0.101. The standard InChI is InChI=1S/C25H28ClF3N6O/c26-17-2-18(27)19(30-9-17)1-14-3-23(4-14)10-34(11-23)22(36)35-12-24(13-35)5-15(6-24)20-31-21(33-32-20)16-7-25(28,29)8-16/h2,9,14-16H,1,3-8,10-13H2,(H,31,32,33). The van der Waals surface area contributed by atoms with Gasteiger partial charge in [0, 0.05) is 67.9 Å². The number of nitrogens with zero attached hydrogens (tertiary/aromatic N) is 5. The Labute approximate surface area is 211 Å². The number of pyridine rings is 1. The van der Waals surface area contributed by atoms with E-state index in [9.17, 15) is 18.0 Å². The fraction of sp³-hybridized carbons (Fsp3) is 0.680. The monoisotopic (exact) mass is 520 g/mol. The quantitative estimate of drug-likeness (QED) is 0.630. The molecular formula is C25H28ClF3N6O. The second-order valence-electron chi connectivity index (χ2n) is 12.2. The predicted molar refractivity (Wildman–Crippen MR) is 124 cm³/mol. The van der Waals surface area contributed by atoms with E-state index in [1.807, 2.05) is 9.80 Å². The topological polar surface area (TPSA) is 78.0 Å². The van der Waals surface area contributed by atoms with E-state index in [0.29, 0.717) is 28.9 Å². The van der Waals surface area contributed by atoms with Gasteiger partial charge < -0.3 is 9.80 Å². The summed E-state index contributed by atoms with van der Waals surface area (Å²) >= 11 is 5.79. The zero-order chi connectivity index (χ0) is 24.9. The summed E-state index contributed by atoms with van der Waals surface area (Å²) in [4.78, 5) is 25.4. The highest BCUT2D eigenvalue weighted by molar-refractivity contribution is 6.30. The lowest BCUT2D eigenvalue weighted by Crippen LogP contribution is -2.71. The number of halogens is 4. The van der Waals surface area contributed by atoms with Crippen molar-refractivity contribution in [2.75, 3.05) is 26.2 Å². The Kier molecular flexibility index (Phi) is 4.80. The number of aromatic amines is 1. The summed E-state index contributed by atoms with van der Waals surface area (Å²) in [5, 5.41) is 7.45. The number of alkyl halides is 2. The van der Waals surface area contributed by atoms with E-state index in [1.54, 1.807) is 0 Å². The number of aromatic nitrogens is 4. The first kappa shape index (κ1) is 22.8. The molecule has 0 unspecified atom stereocenters. The molecular weight excluding hydrogens is 493 g/mol. The number of urea groups is 1. The van der Waals surface area contributed by atoms with Crippen LogP contribution in [0, 0.1) is 22.6 Å². The molecule has 1 N–H and O–H groups in total. The van der Waals surface area contributed by atoms with Gasteiger partial charge in [0.15, 0.2) is 5.82 Å². The minimum atomic E-state index is -2.57. The first-order chi connectivity index (χ1) is 17.1. The van der Waals surface area contributed by atoms with Gasteiger partial charge >= 0.3 is 6.03 Å². The van der Waals surface area contributed by atoms with Crippen molar-refractivity contribution in [3.05, 3.63) is 40.4 Å². The van der Waals surface area contributed by atoms with E-state index in [0.717, 1.165) is 57.7 Å². The zero-order valence-corrected chi connectivity index (χ0v) is 20.6. The molecule has 0 aromatic carbocycles. The summed E-state index contributed by atoms with van der Waals surface area (Å²) in [6.45, 7) is 3.11. The molecule has 0 bridgehead atoms. The van der Waals surface area contributed by atoms with Crippen molar-refractivity contribution in [1.29, 1.82) is 0 Å². The highest BCUT2D eigenvalue weighted by atomic mass is 35.5. The summed E-state index contributed by atoms with van der Waals surface area (Å²) in [5.74, 6) is -1.17. The summed E-state index contributed by atoms with van der Waals surface area (Å²) in [7, 11) is 0. The van der Waals surface area contributed by atoms with E-state index >= 15 is 0 Å². The third-order valence-corrected chi connectivity index (χ3v) is 9.38. The molecule has 2 aromatic heterocycles. The van der Waals surface area contributed by atoms with E-state index in [-0.39, 0.29) is 47.4 Å². The Morgan fingerprint density at radius 2 is 1.67 bits per heavy atom. The van der Waals surface area contributed by atoms with Gasteiger partial charge in [-0.3, -0.25) is 10.1 Å². The van der Waals surface area contributed by atoms with Crippen LogP contribution in [0.3, 0.4) is 0 Å². The van der Waals surface area contributed by atoms with Crippen LogP contribution in [0.5, 0.6) is 0 Å². The molecule has 36 heavy (non-hydrogen) atoms. The first-order valence-electron chi connectivity index (χ1n) is 12.7. The highest BCUT2D eigenvalue weighted by Gasteiger charge is 2.59. The smallest absolute Gasteiger partial charge is 0.320 e. The molecule has 2 amide bonds. The summed E-state index contributed by atoms with van der Waals surface area (Å²) in [6.07, 6.45) is 5.70. The van der Waals surface area contributed by atoms with Crippen LogP contribution in [0.4, 0.5) is 18.0 Å². The molecule has 3 saturated carbocycles. The number of carbonyl (C=O) groups excluding carboxylic acids is 1. The van der Waals surface area contributed by atoms with E-state index in [2.05, 4.69) is 20.2 Å². The minimum Gasteiger partial charge on any atom is -0.323 e. The van der Waals surface area contributed by atoms with Crippen molar-refractivity contribution in [2.45, 2.75) is 62.7 Å². The predicted octanol–water partition coefficient (Wildman–Crippen LogP) is 4.76. The van der Waals surface area contributed by atoms with Crippen molar-refractivity contribution in [3.8, 4) is 0 Å². The maximum absolute atomic E-state index is 14.0. The number of H-pyrrole nitrogens is 1. The molecule has 0 radical (unpaired) electrons. The molecule has 7 rings (SSSR count). The normalized spacial score (nSPS) is 26.2. The van der Waals surface area contributed by atoms with Gasteiger partial charge in [-0.05, 0) is 44.1 Å². The lowest BCUT2D eigenvalue weighted by Gasteiger charge is -2.63. The average molecular weight is 521 g/mol. The van der Waals surface area contributed by atoms with Crippen LogP contribution in [-0.2, 0) is 6.42 Å². The number of amides is 2. The molecule has 2 saturated heterocycles. The fourth-order valence-corrected chi connectivity index (χ4v) is 7.51. The van der Waals surface area contributed by atoms with Gasteiger partial charge in [0.05, 0.1) is 10.7 Å². The molecule has 4 heterocycles. The van der Waals surface area contributed by atoms with Crippen molar-refractivity contribution >= 4 is 17.6 Å². The molecule has 7 nitrogen and oxygen atoms in total. The first-order valence-corrected chi connectivity index (χ1v) is 13.1. The van der Waals surface area contributed by atoms with E-state index < -0.39 is 5.92 Å². The van der Waals surface area contributed by atoms with Gasteiger partial charge in [-0.1, -0.05) is 11.6 Å². The fourth-order valence-electron chi connectivity index (χ4n) is 7.37. The number of carbonyl (C=O) groups is 1. The number of nitrogens with one attached hydrogen (secondary N) is 1. The number of hydrogen-bond acceptors (Lipinski definition) is 4. The number of likely N-dealkylation sites (tertiary alicyclic amines) is 2. The van der Waals surface area contributed by atoms with E-state index in [1.165, 1.54) is 12.3 Å². The Hall–Kier alpha value is -2.36. The van der Waals surface area contributed by atoms with Crippen LogP contribution in [0.2, 0.25) is 5.02 Å². The lowest BCUT2D eigenvalue weighted by atomic mass is 9.56. The molecule has 2 aliphatic heterocycles. The second kappa shape index (κ2) is 7.58. The number of hydrogen-bond donors (Lipinski definition) is 1. The molecule has 5 aliphatic rings. The Morgan fingerprint density at radius 3 is 2.28 bits per heavy atom. The average Bonchev–Trinajstić information content (AvgIpc) is 3.15. The van der Waals surface area contributed by atoms with Gasteiger partial charge in [-0.2, -0.15) is 5.10 Å². The van der Waals surface area contributed by atoms with Crippen molar-refractivity contribution in [3.63, 3.8) is 0 Å². The molecule has 2 spiro atoms. The maximum atomic E-state index is 14.0. The maximum Gasteiger partial charge on any atom is 0.320 e. The molecule has 3 aliphatic carbocycles. The van der Waals surface area contributed by atoms with Gasteiger partial charge in [-0.15, -0.1) is 0 Å². The highest BCUT2D eigenvalue weighted by Crippen LogP contribution is 2.57. The molecule has 2 aromatic rings. The van der Waals surface area contributed by atoms with Gasteiger partial charge in [0.25, 0.3) is 0 Å². The Bertz CT molecular complexity index is 1200. The van der Waals surface area contributed by atoms with Gasteiger partial charge in [0.2, 0.25) is 5.92 Å². The zero-order valence-electron chi connectivity index (χ0n) is 19.8. The van der Waals surface area contributed by atoms with Crippen LogP contribution in [0.25, 0.3) is 0 Å². The van der Waals surface area contributed by atoms with Gasteiger partial charge in [-0.25, -0.2) is 22.9 Å². The molecule has 11 heteroatoms. The summed E-state index contributed by atoms with van der Waals surface area (Å²) < 4.78 is 40.3. The van der Waals surface area contributed by atoms with Crippen LogP contribution in [-0.4, -0.2) is 68.1 Å². The van der Waals surface area contributed by atoms with Crippen molar-refractivity contribution < 1.29 is 18.0 Å². The second-order valence-corrected chi connectivity index (χ2v) is 12.6. The Morgan fingerprint density at radius 1 is 1.03 bits per heavy atom. The third kappa shape index (κ3) is 3.70. The summed E-state index contributed by atoms with van der Waals surface area (Å²) in [6, 6.07) is 1.44. The van der Waals surface area contributed by atoms with Crippen LogP contribution in [0.1, 0.15) is 67.7 Å². The summed E-state index contributed by atoms with van der Waals surface area (Å²) in [5.41, 5.74) is 0.834. The molecule has 5 fully saturated rings.